The predicted octanol–water partition coefficient (Wildman–Crippen LogP) is 2.65. The molecule has 0 saturated carbocycles. The summed E-state index contributed by atoms with van der Waals surface area (Å²) in [5, 5.41) is 71.8. The molecule has 44 heavy (non-hydrogen) atoms. The van der Waals surface area contributed by atoms with E-state index in [4.69, 9.17) is 23.4 Å². The smallest absolute Gasteiger partial charge is 0.402 e. The third kappa shape index (κ3) is 6.45. The van der Waals surface area contributed by atoms with Gasteiger partial charge in [-0.25, -0.2) is 9.21 Å². The molecule has 0 spiro atoms. The Morgan fingerprint density at radius 3 is 2.34 bits per heavy atom. The number of esters is 1. The normalized spacial score (nSPS) is 21.8. The number of phenolic OH excluding ortho intramolecular Hbond substituents is 4. The lowest BCUT2D eigenvalue weighted by Crippen LogP contribution is -2.60. The molecule has 1 aromatic heterocycles. The second-order valence-electron chi connectivity index (χ2n) is 9.89. The molecule has 7 N–H and O–H groups in total. The van der Waals surface area contributed by atoms with Gasteiger partial charge in [0.25, 0.3) is 0 Å². The van der Waals surface area contributed by atoms with Crippen LogP contribution in [0.25, 0.3) is 28.4 Å². The van der Waals surface area contributed by atoms with Crippen molar-refractivity contribution in [2.45, 2.75) is 30.7 Å². The van der Waals surface area contributed by atoms with Gasteiger partial charge in [0.05, 0.1) is 18.7 Å². The molecule has 1 saturated heterocycles. The first-order chi connectivity index (χ1) is 21.0. The molecular weight excluding hydrogens is 580 g/mol. The first-order valence-corrected chi connectivity index (χ1v) is 13.2. The molecule has 13 heteroatoms. The molecule has 0 aliphatic carbocycles. The highest BCUT2D eigenvalue weighted by Crippen LogP contribution is 2.42. The van der Waals surface area contributed by atoms with Gasteiger partial charge < -0.3 is 54.7 Å². The number of carbonyl (C=O) groups excluding carboxylic acids is 1. The van der Waals surface area contributed by atoms with Crippen LogP contribution in [-0.2, 0) is 14.3 Å². The van der Waals surface area contributed by atoms with Gasteiger partial charge in [-0.1, -0.05) is 12.1 Å². The molecule has 1 fully saturated rings. The Labute approximate surface area is 249 Å². The zero-order chi connectivity index (χ0) is 31.5. The fourth-order valence-corrected chi connectivity index (χ4v) is 4.53. The Morgan fingerprint density at radius 2 is 1.61 bits per heavy atom. The first kappa shape index (κ1) is 30.4. The topological polar surface area (TPSA) is 207 Å². The fourth-order valence-electron chi connectivity index (χ4n) is 4.53. The Bertz CT molecular complexity index is 1680. The second kappa shape index (κ2) is 12.7. The van der Waals surface area contributed by atoms with Gasteiger partial charge in [-0.05, 0) is 35.9 Å². The highest BCUT2D eigenvalue weighted by atomic mass is 16.7. The highest BCUT2D eigenvalue weighted by Gasteiger charge is 2.46. The van der Waals surface area contributed by atoms with Crippen LogP contribution in [0.2, 0.25) is 0 Å². The molecule has 1 aliphatic rings. The standard InChI is InChI=1S/C31H28O13/c1-40-23-10-16(5-8-20(23)34)30-24(13-19-21(35)11-18(33)12-22(19)42-30)43-31-29(39)28(38)27(37)25(44-31)14-41-26(36)9-4-15-2-6-17(32)7-3-15/h2-13,25,27-29,31,37-39H,14H2,1H3,(H3-,32,33,34,35,36)/p+1. The van der Waals surface area contributed by atoms with E-state index in [1.165, 1.54) is 55.7 Å². The van der Waals surface area contributed by atoms with Crippen molar-refractivity contribution >= 4 is 23.0 Å². The molecule has 5 rings (SSSR count). The van der Waals surface area contributed by atoms with Crippen molar-refractivity contribution in [1.82, 2.24) is 0 Å². The molecule has 0 amide bonds. The third-order valence-electron chi connectivity index (χ3n) is 6.86. The van der Waals surface area contributed by atoms with Crippen molar-refractivity contribution in [3.63, 3.8) is 0 Å². The van der Waals surface area contributed by atoms with Gasteiger partial charge in [0, 0.05) is 24.3 Å². The van der Waals surface area contributed by atoms with Crippen molar-refractivity contribution in [2.75, 3.05) is 13.7 Å². The van der Waals surface area contributed by atoms with E-state index in [1.807, 2.05) is 0 Å². The lowest BCUT2D eigenvalue weighted by molar-refractivity contribution is -0.278. The lowest BCUT2D eigenvalue weighted by atomic mass is 9.99. The van der Waals surface area contributed by atoms with Gasteiger partial charge in [0.15, 0.2) is 11.5 Å². The summed E-state index contributed by atoms with van der Waals surface area (Å²) in [6.45, 7) is -0.520. The van der Waals surface area contributed by atoms with E-state index in [1.54, 1.807) is 12.1 Å². The van der Waals surface area contributed by atoms with Gasteiger partial charge in [-0.3, -0.25) is 0 Å². The number of aliphatic hydroxyl groups excluding tert-OH is 3. The van der Waals surface area contributed by atoms with E-state index in [0.717, 1.165) is 12.1 Å². The first-order valence-electron chi connectivity index (χ1n) is 13.2. The monoisotopic (exact) mass is 609 g/mol. The molecule has 13 nitrogen and oxygen atoms in total. The van der Waals surface area contributed by atoms with Crippen molar-refractivity contribution < 1.29 is 63.9 Å². The van der Waals surface area contributed by atoms with Gasteiger partial charge in [-0.2, -0.15) is 0 Å². The van der Waals surface area contributed by atoms with E-state index >= 15 is 0 Å². The number of methoxy groups -OCH3 is 1. The molecule has 5 unspecified atom stereocenters. The number of benzene rings is 3. The SMILES string of the molecule is COc1cc(-c2[o+]c3cc(O)cc(O)c3cc2OC2OC(COC(=O)C=Cc3ccc(O)cc3)C(O)C(O)C2O)ccc1O. The van der Waals surface area contributed by atoms with Crippen LogP contribution < -0.4 is 9.47 Å². The van der Waals surface area contributed by atoms with E-state index in [0.29, 0.717) is 11.1 Å². The predicted molar refractivity (Wildman–Crippen MR) is 153 cm³/mol. The largest absolute Gasteiger partial charge is 0.508 e. The summed E-state index contributed by atoms with van der Waals surface area (Å²) in [5.74, 6) is -1.53. The number of carbonyl (C=O) groups is 1. The fraction of sp³-hybridized carbons (Fsp3) is 0.226. The summed E-state index contributed by atoms with van der Waals surface area (Å²) in [6, 6.07) is 14.0. The number of aromatic hydroxyl groups is 4. The highest BCUT2D eigenvalue weighted by molar-refractivity contribution is 5.89. The lowest BCUT2D eigenvalue weighted by Gasteiger charge is -2.39. The van der Waals surface area contributed by atoms with Crippen LogP contribution in [0.4, 0.5) is 0 Å². The second-order valence-corrected chi connectivity index (χ2v) is 9.89. The summed E-state index contributed by atoms with van der Waals surface area (Å²) in [5.41, 5.74) is 0.989. The van der Waals surface area contributed by atoms with Crippen LogP contribution in [0.5, 0.6) is 34.5 Å². The van der Waals surface area contributed by atoms with Crippen LogP contribution in [0, 0.1) is 0 Å². The van der Waals surface area contributed by atoms with Crippen molar-refractivity contribution in [3.8, 4) is 45.8 Å². The van der Waals surface area contributed by atoms with Crippen molar-refractivity contribution in [2.24, 2.45) is 0 Å². The van der Waals surface area contributed by atoms with E-state index < -0.39 is 43.3 Å². The zero-order valence-electron chi connectivity index (χ0n) is 23.1. The van der Waals surface area contributed by atoms with Gasteiger partial charge >= 0.3 is 17.3 Å². The van der Waals surface area contributed by atoms with Crippen LogP contribution in [0.3, 0.4) is 0 Å². The minimum Gasteiger partial charge on any atom is -0.508 e. The maximum absolute atomic E-state index is 12.3. The molecule has 3 aromatic carbocycles. The number of aliphatic hydroxyl groups is 3. The van der Waals surface area contributed by atoms with Crippen molar-refractivity contribution in [3.05, 3.63) is 72.3 Å². The summed E-state index contributed by atoms with van der Waals surface area (Å²) >= 11 is 0. The van der Waals surface area contributed by atoms with Crippen LogP contribution in [0.15, 0.2) is 71.2 Å². The number of rotatable bonds is 8. The number of hydrogen-bond acceptors (Lipinski definition) is 12. The summed E-state index contributed by atoms with van der Waals surface area (Å²) < 4.78 is 27.9. The van der Waals surface area contributed by atoms with Gasteiger partial charge in [0.1, 0.15) is 53.7 Å². The molecule has 1 aliphatic heterocycles. The molecular formula is C31H29O13+. The van der Waals surface area contributed by atoms with Crippen LogP contribution >= 0.6 is 0 Å². The quantitative estimate of drug-likeness (QED) is 0.0872. The number of fused-ring (bicyclic) bond motifs is 1. The molecule has 230 valence electrons. The van der Waals surface area contributed by atoms with E-state index in [9.17, 15) is 40.5 Å². The average molecular weight is 610 g/mol. The van der Waals surface area contributed by atoms with Crippen LogP contribution in [0.1, 0.15) is 5.56 Å². The van der Waals surface area contributed by atoms with Crippen LogP contribution in [-0.4, -0.2) is 86.1 Å². The minimum absolute atomic E-state index is 0.000410. The summed E-state index contributed by atoms with van der Waals surface area (Å²) in [7, 11) is 1.35. The number of phenols is 4. The minimum atomic E-state index is -1.78. The Balaban J connectivity index is 1.41. The summed E-state index contributed by atoms with van der Waals surface area (Å²) in [6.07, 6.45) is -5.60. The molecule has 0 bridgehead atoms. The molecule has 2 heterocycles. The molecule has 0 radical (unpaired) electrons. The zero-order valence-corrected chi connectivity index (χ0v) is 23.1. The van der Waals surface area contributed by atoms with Gasteiger partial charge in [0.2, 0.25) is 12.0 Å². The third-order valence-corrected chi connectivity index (χ3v) is 6.86. The number of hydrogen-bond donors (Lipinski definition) is 7. The Hall–Kier alpha value is -5.08. The van der Waals surface area contributed by atoms with Crippen molar-refractivity contribution in [1.29, 1.82) is 0 Å². The average Bonchev–Trinajstić information content (AvgIpc) is 3.00. The maximum Gasteiger partial charge on any atom is 0.402 e. The maximum atomic E-state index is 12.3. The van der Waals surface area contributed by atoms with E-state index in [-0.39, 0.29) is 51.2 Å². The Morgan fingerprint density at radius 1 is 0.864 bits per heavy atom. The summed E-state index contributed by atoms with van der Waals surface area (Å²) in [4.78, 5) is 12.3. The Kier molecular flexibility index (Phi) is 8.73. The molecule has 5 atom stereocenters. The van der Waals surface area contributed by atoms with E-state index in [2.05, 4.69) is 0 Å². The number of ether oxygens (including phenoxy) is 4. The molecule has 4 aromatic rings. The van der Waals surface area contributed by atoms with Gasteiger partial charge in [-0.15, -0.1) is 0 Å².